The van der Waals surface area contributed by atoms with Crippen LogP contribution in [0.2, 0.25) is 0 Å². The maximum atomic E-state index is 12.6. The van der Waals surface area contributed by atoms with Crippen LogP contribution >= 0.6 is 0 Å². The van der Waals surface area contributed by atoms with E-state index in [1.54, 1.807) is 12.4 Å². The maximum absolute atomic E-state index is 12.6. The third-order valence-corrected chi connectivity index (χ3v) is 5.50. The number of carbonyl (C=O) groups is 1. The van der Waals surface area contributed by atoms with E-state index in [1.807, 2.05) is 67.6 Å². The van der Waals surface area contributed by atoms with Gasteiger partial charge in [0.25, 0.3) is 0 Å². The van der Waals surface area contributed by atoms with Crippen molar-refractivity contribution in [2.75, 3.05) is 16.0 Å². The fourth-order valence-electron chi connectivity index (χ4n) is 3.70. The van der Waals surface area contributed by atoms with Crippen LogP contribution in [-0.2, 0) is 6.42 Å². The fraction of sp³-hybridized carbons (Fsp3) is 0.179. The van der Waals surface area contributed by atoms with Gasteiger partial charge in [0.2, 0.25) is 0 Å². The zero-order valence-corrected chi connectivity index (χ0v) is 19.5. The van der Waals surface area contributed by atoms with Crippen molar-refractivity contribution in [2.45, 2.75) is 33.1 Å². The van der Waals surface area contributed by atoms with Crippen LogP contribution in [0, 0.1) is 6.92 Å². The lowest BCUT2D eigenvalue weighted by Gasteiger charge is -2.12. The second kappa shape index (κ2) is 11.1. The average Bonchev–Trinajstić information content (AvgIpc) is 2.85. The lowest BCUT2D eigenvalue weighted by molar-refractivity contribution is 0.262. The molecule has 2 heterocycles. The molecule has 34 heavy (non-hydrogen) atoms. The van der Waals surface area contributed by atoms with Gasteiger partial charge < -0.3 is 10.6 Å². The Balaban J connectivity index is 1.43. The molecular weight excluding hydrogens is 422 g/mol. The SMILES string of the molecule is CCCCc1ccc(NC(=O)Nc2cc(-c3ccnc(Nc4ccccc4)c3)ccn2)c(C)c1. The Labute approximate surface area is 200 Å². The van der Waals surface area contributed by atoms with Crippen molar-refractivity contribution in [3.8, 4) is 11.1 Å². The first kappa shape index (κ1) is 23.0. The van der Waals surface area contributed by atoms with Gasteiger partial charge in [0.05, 0.1) is 0 Å². The minimum atomic E-state index is -0.324. The molecule has 0 fully saturated rings. The van der Waals surface area contributed by atoms with Crippen molar-refractivity contribution in [1.82, 2.24) is 9.97 Å². The van der Waals surface area contributed by atoms with Crippen LogP contribution in [-0.4, -0.2) is 16.0 Å². The van der Waals surface area contributed by atoms with Crippen LogP contribution < -0.4 is 16.0 Å². The highest BCUT2D eigenvalue weighted by atomic mass is 16.2. The molecule has 0 spiro atoms. The van der Waals surface area contributed by atoms with Crippen molar-refractivity contribution in [3.63, 3.8) is 0 Å². The lowest BCUT2D eigenvalue weighted by atomic mass is 10.0. The third-order valence-electron chi connectivity index (χ3n) is 5.50. The topological polar surface area (TPSA) is 78.9 Å². The van der Waals surface area contributed by atoms with Gasteiger partial charge in [-0.05, 0) is 84.5 Å². The summed E-state index contributed by atoms with van der Waals surface area (Å²) in [6.45, 7) is 4.19. The smallest absolute Gasteiger partial charge is 0.324 e. The minimum Gasteiger partial charge on any atom is -0.340 e. The highest BCUT2D eigenvalue weighted by molar-refractivity contribution is 6.00. The molecule has 2 amide bonds. The zero-order valence-electron chi connectivity index (χ0n) is 19.5. The molecule has 6 nitrogen and oxygen atoms in total. The highest BCUT2D eigenvalue weighted by Gasteiger charge is 2.08. The molecule has 0 aliphatic rings. The Morgan fingerprint density at radius 2 is 1.53 bits per heavy atom. The van der Waals surface area contributed by atoms with Gasteiger partial charge in [-0.15, -0.1) is 0 Å². The summed E-state index contributed by atoms with van der Waals surface area (Å²) in [4.78, 5) is 21.3. The van der Waals surface area contributed by atoms with Crippen molar-refractivity contribution in [1.29, 1.82) is 0 Å². The van der Waals surface area contributed by atoms with E-state index in [0.29, 0.717) is 5.82 Å². The third kappa shape index (κ3) is 6.19. The molecule has 0 aliphatic heterocycles. The zero-order chi connectivity index (χ0) is 23.8. The number of pyridine rings is 2. The number of nitrogens with zero attached hydrogens (tertiary/aromatic N) is 2. The molecule has 3 N–H and O–H groups in total. The van der Waals surface area contributed by atoms with Gasteiger partial charge in [0.1, 0.15) is 11.6 Å². The Hall–Kier alpha value is -4.19. The summed E-state index contributed by atoms with van der Waals surface area (Å²) in [5.74, 6) is 1.22. The lowest BCUT2D eigenvalue weighted by Crippen LogP contribution is -2.20. The first-order valence-corrected chi connectivity index (χ1v) is 11.5. The van der Waals surface area contributed by atoms with Gasteiger partial charge in [-0.25, -0.2) is 14.8 Å². The Morgan fingerprint density at radius 1 is 0.824 bits per heavy atom. The molecule has 0 atom stereocenters. The van der Waals surface area contributed by atoms with Crippen LogP contribution in [0.25, 0.3) is 11.1 Å². The number of carbonyl (C=O) groups excluding carboxylic acids is 1. The molecular formula is C28H29N5O. The summed E-state index contributed by atoms with van der Waals surface area (Å²) < 4.78 is 0. The van der Waals surface area contributed by atoms with Crippen LogP contribution in [0.1, 0.15) is 30.9 Å². The van der Waals surface area contributed by atoms with Crippen molar-refractivity contribution in [2.24, 2.45) is 0 Å². The Kier molecular flexibility index (Phi) is 7.50. The summed E-state index contributed by atoms with van der Waals surface area (Å²) in [6, 6.07) is 23.4. The van der Waals surface area contributed by atoms with Crippen molar-refractivity contribution < 1.29 is 4.79 Å². The van der Waals surface area contributed by atoms with E-state index in [9.17, 15) is 4.79 Å². The molecule has 0 unspecified atom stereocenters. The summed E-state index contributed by atoms with van der Waals surface area (Å²) in [5.41, 5.74) is 5.99. The van der Waals surface area contributed by atoms with Crippen LogP contribution in [0.5, 0.6) is 0 Å². The van der Waals surface area contributed by atoms with Gasteiger partial charge >= 0.3 is 6.03 Å². The quantitative estimate of drug-likeness (QED) is 0.265. The second-order valence-electron chi connectivity index (χ2n) is 8.18. The number of amides is 2. The number of hydrogen-bond acceptors (Lipinski definition) is 4. The molecule has 6 heteroatoms. The molecule has 2 aromatic heterocycles. The van der Waals surface area contributed by atoms with E-state index in [2.05, 4.69) is 45.0 Å². The number of aryl methyl sites for hydroxylation is 2. The normalized spacial score (nSPS) is 10.5. The molecule has 2 aromatic carbocycles. The molecule has 0 bridgehead atoms. The van der Waals surface area contributed by atoms with E-state index in [-0.39, 0.29) is 6.03 Å². The van der Waals surface area contributed by atoms with Gasteiger partial charge in [-0.1, -0.05) is 43.7 Å². The molecule has 172 valence electrons. The van der Waals surface area contributed by atoms with Crippen LogP contribution in [0.15, 0.2) is 85.2 Å². The number of rotatable bonds is 8. The predicted octanol–water partition coefficient (Wildman–Crippen LogP) is 7.18. The number of aromatic nitrogens is 2. The first-order valence-electron chi connectivity index (χ1n) is 11.5. The number of benzene rings is 2. The molecule has 4 aromatic rings. The van der Waals surface area contributed by atoms with E-state index in [1.165, 1.54) is 5.56 Å². The van der Waals surface area contributed by atoms with E-state index in [0.717, 1.165) is 53.1 Å². The first-order chi connectivity index (χ1) is 16.6. The van der Waals surface area contributed by atoms with Crippen LogP contribution in [0.4, 0.5) is 27.8 Å². The average molecular weight is 452 g/mol. The molecule has 0 saturated heterocycles. The highest BCUT2D eigenvalue weighted by Crippen LogP contribution is 2.25. The van der Waals surface area contributed by atoms with E-state index in [4.69, 9.17) is 0 Å². The van der Waals surface area contributed by atoms with Gasteiger partial charge in [0, 0.05) is 23.8 Å². The number of unbranched alkanes of at least 4 members (excludes halogenated alkanes) is 1. The van der Waals surface area contributed by atoms with E-state index >= 15 is 0 Å². The molecule has 0 aliphatic carbocycles. The van der Waals surface area contributed by atoms with Crippen molar-refractivity contribution >= 4 is 29.0 Å². The Bertz CT molecular complexity index is 1260. The number of anilines is 4. The summed E-state index contributed by atoms with van der Waals surface area (Å²) in [6.07, 6.45) is 6.82. The molecule has 4 rings (SSSR count). The number of hydrogen-bond donors (Lipinski definition) is 3. The monoisotopic (exact) mass is 451 g/mol. The fourth-order valence-corrected chi connectivity index (χ4v) is 3.70. The van der Waals surface area contributed by atoms with Gasteiger partial charge in [-0.3, -0.25) is 5.32 Å². The predicted molar refractivity (Wildman–Crippen MR) is 140 cm³/mol. The van der Waals surface area contributed by atoms with Gasteiger partial charge in [-0.2, -0.15) is 0 Å². The maximum Gasteiger partial charge on any atom is 0.324 e. The minimum absolute atomic E-state index is 0.324. The summed E-state index contributed by atoms with van der Waals surface area (Å²) >= 11 is 0. The van der Waals surface area contributed by atoms with Crippen molar-refractivity contribution in [3.05, 3.63) is 96.3 Å². The van der Waals surface area contributed by atoms with Gasteiger partial charge in [0.15, 0.2) is 0 Å². The van der Waals surface area contributed by atoms with Crippen LogP contribution in [0.3, 0.4) is 0 Å². The molecule has 0 saturated carbocycles. The summed E-state index contributed by atoms with van der Waals surface area (Å²) in [7, 11) is 0. The largest absolute Gasteiger partial charge is 0.340 e. The molecule has 0 radical (unpaired) electrons. The standard InChI is InChI=1S/C28H29N5O/c1-3-4-8-21-11-12-25(20(2)17-21)32-28(34)33-27-19-23(14-16-30-27)22-13-15-29-26(18-22)31-24-9-6-5-7-10-24/h5-7,9-19H,3-4,8H2,1-2H3,(H,29,31)(H2,30,32,33,34). The number of nitrogens with one attached hydrogen (secondary N) is 3. The summed E-state index contributed by atoms with van der Waals surface area (Å²) in [5, 5.41) is 9.07. The number of para-hydroxylation sites is 1. The Morgan fingerprint density at radius 3 is 2.24 bits per heavy atom. The second-order valence-corrected chi connectivity index (χ2v) is 8.18. The van der Waals surface area contributed by atoms with E-state index < -0.39 is 0 Å². The number of urea groups is 1.